The summed E-state index contributed by atoms with van der Waals surface area (Å²) in [5.74, 6) is 0.255. The summed E-state index contributed by atoms with van der Waals surface area (Å²) >= 11 is 0. The van der Waals surface area contributed by atoms with Gasteiger partial charge in [0.1, 0.15) is 6.04 Å². The van der Waals surface area contributed by atoms with E-state index in [0.29, 0.717) is 6.42 Å². The highest BCUT2D eigenvalue weighted by Gasteiger charge is 2.27. The SMILES string of the molecule is CCCCC(=O)N1CCN(C(C#N)c2ccccc2C)CC1. The van der Waals surface area contributed by atoms with Gasteiger partial charge in [0.15, 0.2) is 0 Å². The summed E-state index contributed by atoms with van der Waals surface area (Å²) in [5.41, 5.74) is 2.23. The predicted molar refractivity (Wildman–Crippen MR) is 87.2 cm³/mol. The summed E-state index contributed by atoms with van der Waals surface area (Å²) in [6.45, 7) is 7.14. The van der Waals surface area contributed by atoms with E-state index in [0.717, 1.165) is 50.1 Å². The van der Waals surface area contributed by atoms with E-state index in [1.807, 2.05) is 36.1 Å². The van der Waals surface area contributed by atoms with Crippen LogP contribution in [0, 0.1) is 18.3 Å². The maximum atomic E-state index is 12.1. The number of amides is 1. The lowest BCUT2D eigenvalue weighted by Gasteiger charge is -2.37. The lowest BCUT2D eigenvalue weighted by molar-refractivity contribution is -0.133. The predicted octanol–water partition coefficient (Wildman–Crippen LogP) is 2.89. The molecule has 1 fully saturated rings. The maximum Gasteiger partial charge on any atom is 0.222 e. The minimum atomic E-state index is -0.214. The first kappa shape index (κ1) is 16.5. The normalized spacial score (nSPS) is 17.0. The number of carbonyl (C=O) groups is 1. The minimum absolute atomic E-state index is 0.214. The van der Waals surface area contributed by atoms with E-state index in [4.69, 9.17) is 0 Å². The zero-order valence-electron chi connectivity index (χ0n) is 13.6. The number of aryl methyl sites for hydroxylation is 1. The first-order chi connectivity index (χ1) is 10.7. The monoisotopic (exact) mass is 299 g/mol. The Morgan fingerprint density at radius 3 is 2.55 bits per heavy atom. The molecule has 4 heteroatoms. The number of benzene rings is 1. The second kappa shape index (κ2) is 7.95. The van der Waals surface area contributed by atoms with Crippen molar-refractivity contribution in [2.24, 2.45) is 0 Å². The number of piperazine rings is 1. The number of carbonyl (C=O) groups excluding carboxylic acids is 1. The van der Waals surface area contributed by atoms with Gasteiger partial charge in [0.05, 0.1) is 6.07 Å². The quantitative estimate of drug-likeness (QED) is 0.840. The lowest BCUT2D eigenvalue weighted by Crippen LogP contribution is -2.49. The second-order valence-electron chi connectivity index (χ2n) is 5.91. The van der Waals surface area contributed by atoms with Gasteiger partial charge in [-0.15, -0.1) is 0 Å². The molecule has 1 aromatic carbocycles. The zero-order valence-corrected chi connectivity index (χ0v) is 13.6. The van der Waals surface area contributed by atoms with Crippen LogP contribution >= 0.6 is 0 Å². The number of hydrogen-bond acceptors (Lipinski definition) is 3. The number of nitriles is 1. The molecule has 4 nitrogen and oxygen atoms in total. The molecular weight excluding hydrogens is 274 g/mol. The van der Waals surface area contributed by atoms with Gasteiger partial charge in [0.25, 0.3) is 0 Å². The Kier molecular flexibility index (Phi) is 5.97. The molecule has 1 atom stereocenters. The molecule has 0 spiro atoms. The Balaban J connectivity index is 1.97. The van der Waals surface area contributed by atoms with Crippen LogP contribution in [0.4, 0.5) is 0 Å². The van der Waals surface area contributed by atoms with E-state index in [9.17, 15) is 10.1 Å². The Bertz CT molecular complexity index is 542. The molecule has 22 heavy (non-hydrogen) atoms. The van der Waals surface area contributed by atoms with Gasteiger partial charge in [-0.1, -0.05) is 37.6 Å². The van der Waals surface area contributed by atoms with Crippen LogP contribution in [0.5, 0.6) is 0 Å². The van der Waals surface area contributed by atoms with Crippen LogP contribution in [-0.4, -0.2) is 41.9 Å². The Hall–Kier alpha value is -1.86. The molecule has 0 saturated carbocycles. The first-order valence-corrected chi connectivity index (χ1v) is 8.14. The average molecular weight is 299 g/mol. The molecular formula is C18H25N3O. The summed E-state index contributed by atoms with van der Waals surface area (Å²) in [6, 6.07) is 10.3. The van der Waals surface area contributed by atoms with Crippen molar-refractivity contribution in [3.63, 3.8) is 0 Å². The molecule has 0 N–H and O–H groups in total. The van der Waals surface area contributed by atoms with Crippen molar-refractivity contribution in [1.29, 1.82) is 5.26 Å². The van der Waals surface area contributed by atoms with Gasteiger partial charge >= 0.3 is 0 Å². The summed E-state index contributed by atoms with van der Waals surface area (Å²) in [5, 5.41) is 9.58. The van der Waals surface area contributed by atoms with E-state index in [-0.39, 0.29) is 11.9 Å². The van der Waals surface area contributed by atoms with E-state index < -0.39 is 0 Å². The van der Waals surface area contributed by atoms with Gasteiger partial charge in [-0.05, 0) is 24.5 Å². The molecule has 1 saturated heterocycles. The van der Waals surface area contributed by atoms with Gasteiger partial charge < -0.3 is 4.90 Å². The maximum absolute atomic E-state index is 12.1. The molecule has 0 radical (unpaired) electrons. The third kappa shape index (κ3) is 3.86. The van der Waals surface area contributed by atoms with Crippen molar-refractivity contribution in [2.75, 3.05) is 26.2 Å². The highest BCUT2D eigenvalue weighted by molar-refractivity contribution is 5.76. The zero-order chi connectivity index (χ0) is 15.9. The molecule has 118 valence electrons. The minimum Gasteiger partial charge on any atom is -0.340 e. The van der Waals surface area contributed by atoms with E-state index >= 15 is 0 Å². The third-order valence-electron chi connectivity index (χ3n) is 4.38. The van der Waals surface area contributed by atoms with Crippen LogP contribution in [0.2, 0.25) is 0 Å². The summed E-state index contributed by atoms with van der Waals surface area (Å²) in [6.07, 6.45) is 2.66. The molecule has 1 unspecified atom stereocenters. The van der Waals surface area contributed by atoms with Crippen molar-refractivity contribution in [2.45, 2.75) is 39.2 Å². The molecule has 0 bridgehead atoms. The molecule has 1 aliphatic rings. The fourth-order valence-corrected chi connectivity index (χ4v) is 2.96. The smallest absolute Gasteiger partial charge is 0.222 e. The fraction of sp³-hybridized carbons (Fsp3) is 0.556. The van der Waals surface area contributed by atoms with E-state index in [1.165, 1.54) is 0 Å². The highest BCUT2D eigenvalue weighted by Crippen LogP contribution is 2.24. The molecule has 1 aromatic rings. The van der Waals surface area contributed by atoms with E-state index in [1.54, 1.807) is 0 Å². The topological polar surface area (TPSA) is 47.3 Å². The van der Waals surface area contributed by atoms with Gasteiger partial charge in [-0.25, -0.2) is 0 Å². The van der Waals surface area contributed by atoms with Crippen molar-refractivity contribution in [1.82, 2.24) is 9.80 Å². The standard InChI is InChI=1S/C18H25N3O/c1-3-4-9-18(22)21-12-10-20(11-13-21)17(14-19)16-8-6-5-7-15(16)2/h5-8,17H,3-4,9-13H2,1-2H3. The van der Waals surface area contributed by atoms with Crippen LogP contribution in [0.3, 0.4) is 0 Å². The Labute approximate surface area is 133 Å². The van der Waals surface area contributed by atoms with Gasteiger partial charge in [-0.3, -0.25) is 9.69 Å². The Morgan fingerprint density at radius 1 is 1.27 bits per heavy atom. The van der Waals surface area contributed by atoms with Crippen LogP contribution in [-0.2, 0) is 4.79 Å². The average Bonchev–Trinajstić information content (AvgIpc) is 2.55. The Morgan fingerprint density at radius 2 is 1.95 bits per heavy atom. The number of hydrogen-bond donors (Lipinski definition) is 0. The number of rotatable bonds is 5. The highest BCUT2D eigenvalue weighted by atomic mass is 16.2. The largest absolute Gasteiger partial charge is 0.340 e. The lowest BCUT2D eigenvalue weighted by atomic mass is 10.0. The van der Waals surface area contributed by atoms with Crippen molar-refractivity contribution >= 4 is 5.91 Å². The van der Waals surface area contributed by atoms with Crippen LogP contribution < -0.4 is 0 Å². The molecule has 0 aromatic heterocycles. The molecule has 2 rings (SSSR count). The summed E-state index contributed by atoms with van der Waals surface area (Å²) in [7, 11) is 0. The molecule has 0 aliphatic carbocycles. The van der Waals surface area contributed by atoms with Gasteiger partial charge in [0, 0.05) is 32.6 Å². The number of nitrogens with zero attached hydrogens (tertiary/aromatic N) is 3. The second-order valence-corrected chi connectivity index (χ2v) is 5.91. The van der Waals surface area contributed by atoms with Gasteiger partial charge in [0.2, 0.25) is 5.91 Å². The molecule has 1 amide bonds. The van der Waals surface area contributed by atoms with Crippen molar-refractivity contribution in [3.8, 4) is 6.07 Å². The summed E-state index contributed by atoms with van der Waals surface area (Å²) in [4.78, 5) is 16.2. The van der Waals surface area contributed by atoms with Crippen LogP contribution in [0.1, 0.15) is 43.4 Å². The molecule has 1 heterocycles. The third-order valence-corrected chi connectivity index (χ3v) is 4.38. The molecule has 1 aliphatic heterocycles. The van der Waals surface area contributed by atoms with Crippen molar-refractivity contribution in [3.05, 3.63) is 35.4 Å². The fourth-order valence-electron chi connectivity index (χ4n) is 2.96. The van der Waals surface area contributed by atoms with E-state index in [2.05, 4.69) is 17.9 Å². The van der Waals surface area contributed by atoms with Gasteiger partial charge in [-0.2, -0.15) is 5.26 Å². The first-order valence-electron chi connectivity index (χ1n) is 8.14. The van der Waals surface area contributed by atoms with Crippen LogP contribution in [0.25, 0.3) is 0 Å². The number of unbranched alkanes of at least 4 members (excludes halogenated alkanes) is 1. The van der Waals surface area contributed by atoms with Crippen molar-refractivity contribution < 1.29 is 4.79 Å². The van der Waals surface area contributed by atoms with Crippen LogP contribution in [0.15, 0.2) is 24.3 Å². The summed E-state index contributed by atoms with van der Waals surface area (Å²) < 4.78 is 0.